The van der Waals surface area contributed by atoms with Crippen molar-refractivity contribution in [3.8, 4) is 0 Å². The van der Waals surface area contributed by atoms with Crippen LogP contribution in [0.15, 0.2) is 6.07 Å². The molecule has 0 aromatic carbocycles. The molecule has 0 unspecified atom stereocenters. The molecular formula is C11H17N3O2S. The fourth-order valence-electron chi connectivity index (χ4n) is 1.86. The molecular weight excluding hydrogens is 238 g/mol. The quantitative estimate of drug-likeness (QED) is 0.469. The number of hydrogen-bond acceptors (Lipinski definition) is 5. The third-order valence-corrected chi connectivity index (χ3v) is 3.96. The van der Waals surface area contributed by atoms with Gasteiger partial charge in [0.2, 0.25) is 0 Å². The van der Waals surface area contributed by atoms with E-state index in [1.165, 1.54) is 21.8 Å². The van der Waals surface area contributed by atoms with Gasteiger partial charge in [-0.2, -0.15) is 0 Å². The molecule has 1 saturated heterocycles. The molecule has 2 rings (SSSR count). The lowest BCUT2D eigenvalue weighted by atomic mass is 10.2. The van der Waals surface area contributed by atoms with Crippen LogP contribution < -0.4 is 11.3 Å². The number of hydrazine groups is 1. The molecule has 0 bridgehead atoms. The maximum Gasteiger partial charge on any atom is 0.275 e. The Hall–Kier alpha value is -0.950. The number of carbonyl (C=O) groups is 1. The molecule has 1 fully saturated rings. The molecule has 1 aromatic heterocycles. The van der Waals surface area contributed by atoms with E-state index in [-0.39, 0.29) is 5.91 Å². The lowest BCUT2D eigenvalue weighted by Gasteiger charge is -2.26. The number of rotatable bonds is 3. The van der Waals surface area contributed by atoms with Crippen LogP contribution in [0.25, 0.3) is 0 Å². The number of nitrogen functional groups attached to an aromatic ring is 1. The van der Waals surface area contributed by atoms with Crippen LogP contribution in [0, 0.1) is 6.92 Å². The average molecular weight is 255 g/mol. The molecule has 5 nitrogen and oxygen atoms in total. The molecule has 1 aliphatic rings. The van der Waals surface area contributed by atoms with E-state index in [1.807, 2.05) is 13.0 Å². The van der Waals surface area contributed by atoms with Crippen molar-refractivity contribution >= 4 is 17.2 Å². The molecule has 0 aliphatic carbocycles. The van der Waals surface area contributed by atoms with Gasteiger partial charge in [-0.3, -0.25) is 15.1 Å². The highest BCUT2D eigenvalue weighted by Crippen LogP contribution is 2.23. The zero-order valence-corrected chi connectivity index (χ0v) is 10.7. The number of thiophene rings is 1. The van der Waals surface area contributed by atoms with Gasteiger partial charge in [-0.05, 0) is 18.6 Å². The number of aryl methyl sites for hydroxylation is 1. The van der Waals surface area contributed by atoms with Gasteiger partial charge >= 0.3 is 0 Å². The Bertz CT molecular complexity index is 399. The van der Waals surface area contributed by atoms with Crippen molar-refractivity contribution < 1.29 is 9.53 Å². The first-order valence-electron chi connectivity index (χ1n) is 5.61. The Kier molecular flexibility index (Phi) is 4.11. The Morgan fingerprint density at radius 3 is 2.94 bits per heavy atom. The molecule has 1 aliphatic heterocycles. The first-order valence-corrected chi connectivity index (χ1v) is 6.42. The summed E-state index contributed by atoms with van der Waals surface area (Å²) in [5, 5.41) is 0. The molecule has 17 heavy (non-hydrogen) atoms. The van der Waals surface area contributed by atoms with Crippen molar-refractivity contribution in [2.75, 3.05) is 26.3 Å². The lowest BCUT2D eigenvalue weighted by Crippen LogP contribution is -2.35. The standard InChI is InChI=1S/C11H17N3O2S/c1-8-9(6-10(17-8)11(15)13-12)7-14-2-4-16-5-3-14/h6H,2-5,7,12H2,1H3,(H,13,15). The van der Waals surface area contributed by atoms with Crippen molar-refractivity contribution in [2.45, 2.75) is 13.5 Å². The predicted molar refractivity (Wildman–Crippen MR) is 66.8 cm³/mol. The smallest absolute Gasteiger partial charge is 0.275 e. The van der Waals surface area contributed by atoms with Gasteiger partial charge in [0.05, 0.1) is 18.1 Å². The monoisotopic (exact) mass is 255 g/mol. The minimum absolute atomic E-state index is 0.216. The van der Waals surface area contributed by atoms with E-state index in [0.29, 0.717) is 4.88 Å². The van der Waals surface area contributed by atoms with Crippen LogP contribution in [0.2, 0.25) is 0 Å². The van der Waals surface area contributed by atoms with Gasteiger partial charge in [-0.25, -0.2) is 5.84 Å². The largest absolute Gasteiger partial charge is 0.379 e. The summed E-state index contributed by atoms with van der Waals surface area (Å²) in [7, 11) is 0. The molecule has 0 saturated carbocycles. The third-order valence-electron chi connectivity index (χ3n) is 2.87. The van der Waals surface area contributed by atoms with Gasteiger partial charge in [0.25, 0.3) is 5.91 Å². The van der Waals surface area contributed by atoms with Gasteiger partial charge in [-0.15, -0.1) is 11.3 Å². The highest BCUT2D eigenvalue weighted by atomic mass is 32.1. The topological polar surface area (TPSA) is 67.6 Å². The summed E-state index contributed by atoms with van der Waals surface area (Å²) in [5.41, 5.74) is 3.37. The molecule has 3 N–H and O–H groups in total. The van der Waals surface area contributed by atoms with Gasteiger partial charge < -0.3 is 4.74 Å². The molecule has 2 heterocycles. The minimum Gasteiger partial charge on any atom is -0.379 e. The van der Waals surface area contributed by atoms with Crippen molar-refractivity contribution in [1.82, 2.24) is 10.3 Å². The number of ether oxygens (including phenoxy) is 1. The molecule has 1 aromatic rings. The normalized spacial score (nSPS) is 17.1. The zero-order valence-electron chi connectivity index (χ0n) is 9.86. The number of morpholine rings is 1. The second-order valence-electron chi connectivity index (χ2n) is 4.05. The number of nitrogens with one attached hydrogen (secondary N) is 1. The predicted octanol–water partition coefficient (Wildman–Crippen LogP) is 0.492. The Labute approximate surface area is 105 Å². The summed E-state index contributed by atoms with van der Waals surface area (Å²) in [5.74, 6) is 4.91. The molecule has 6 heteroatoms. The fraction of sp³-hybridized carbons (Fsp3) is 0.545. The van der Waals surface area contributed by atoms with Crippen LogP contribution >= 0.6 is 11.3 Å². The Balaban J connectivity index is 2.04. The van der Waals surface area contributed by atoms with Gasteiger partial charge in [-0.1, -0.05) is 0 Å². The Morgan fingerprint density at radius 1 is 1.59 bits per heavy atom. The van der Waals surface area contributed by atoms with Gasteiger partial charge in [0.15, 0.2) is 0 Å². The van der Waals surface area contributed by atoms with Crippen LogP contribution in [0.1, 0.15) is 20.1 Å². The summed E-state index contributed by atoms with van der Waals surface area (Å²) >= 11 is 1.49. The van der Waals surface area contributed by atoms with Crippen molar-refractivity contribution in [2.24, 2.45) is 5.84 Å². The maximum atomic E-state index is 11.4. The first-order chi connectivity index (χ1) is 8.20. The second kappa shape index (κ2) is 5.59. The average Bonchev–Trinajstić information content (AvgIpc) is 2.71. The van der Waals surface area contributed by atoms with Crippen molar-refractivity contribution in [3.63, 3.8) is 0 Å². The number of hydrogen-bond donors (Lipinski definition) is 2. The van der Waals surface area contributed by atoms with Crippen LogP contribution in [-0.4, -0.2) is 37.1 Å². The van der Waals surface area contributed by atoms with Gasteiger partial charge in [0, 0.05) is 24.5 Å². The van der Waals surface area contributed by atoms with Crippen molar-refractivity contribution in [1.29, 1.82) is 0 Å². The molecule has 0 atom stereocenters. The Morgan fingerprint density at radius 2 is 2.29 bits per heavy atom. The number of carbonyl (C=O) groups excluding carboxylic acids is 1. The summed E-state index contributed by atoms with van der Waals surface area (Å²) in [6.45, 7) is 6.40. The summed E-state index contributed by atoms with van der Waals surface area (Å²) in [6.07, 6.45) is 0. The van der Waals surface area contributed by atoms with E-state index in [9.17, 15) is 4.79 Å². The SMILES string of the molecule is Cc1sc(C(=O)NN)cc1CN1CCOCC1. The number of nitrogens with two attached hydrogens (primary N) is 1. The zero-order chi connectivity index (χ0) is 12.3. The second-order valence-corrected chi connectivity index (χ2v) is 5.31. The van der Waals surface area contributed by atoms with Gasteiger partial charge in [0.1, 0.15) is 0 Å². The van der Waals surface area contributed by atoms with Crippen LogP contribution in [0.5, 0.6) is 0 Å². The number of amides is 1. The third kappa shape index (κ3) is 3.04. The van der Waals surface area contributed by atoms with Crippen molar-refractivity contribution in [3.05, 3.63) is 21.4 Å². The first kappa shape index (κ1) is 12.5. The van der Waals surface area contributed by atoms with E-state index in [0.717, 1.165) is 32.8 Å². The maximum absolute atomic E-state index is 11.4. The molecule has 94 valence electrons. The van der Waals surface area contributed by atoms with E-state index in [1.54, 1.807) is 0 Å². The minimum atomic E-state index is -0.216. The molecule has 0 radical (unpaired) electrons. The van der Waals surface area contributed by atoms with Crippen LogP contribution in [0.4, 0.5) is 0 Å². The number of nitrogens with zero attached hydrogens (tertiary/aromatic N) is 1. The van der Waals surface area contributed by atoms with E-state index < -0.39 is 0 Å². The fourth-order valence-corrected chi connectivity index (χ4v) is 2.80. The lowest BCUT2D eigenvalue weighted by molar-refractivity contribution is 0.0341. The highest BCUT2D eigenvalue weighted by Gasteiger charge is 2.15. The van der Waals surface area contributed by atoms with E-state index in [4.69, 9.17) is 10.6 Å². The summed E-state index contributed by atoms with van der Waals surface area (Å²) in [4.78, 5) is 15.6. The highest BCUT2D eigenvalue weighted by molar-refractivity contribution is 7.14. The molecule has 1 amide bonds. The van der Waals surface area contributed by atoms with E-state index >= 15 is 0 Å². The summed E-state index contributed by atoms with van der Waals surface area (Å²) < 4.78 is 5.31. The molecule has 0 spiro atoms. The van der Waals surface area contributed by atoms with E-state index in [2.05, 4.69) is 10.3 Å². The summed E-state index contributed by atoms with van der Waals surface area (Å²) in [6, 6.07) is 1.93. The van der Waals surface area contributed by atoms with Crippen LogP contribution in [0.3, 0.4) is 0 Å². The van der Waals surface area contributed by atoms with Crippen LogP contribution in [-0.2, 0) is 11.3 Å².